The van der Waals surface area contributed by atoms with Crippen molar-refractivity contribution < 1.29 is 174 Å². The number of hydrogen-bond acceptors (Lipinski definition) is 39. The Morgan fingerprint density at radius 3 is 1.16 bits per heavy atom. The summed E-state index contributed by atoms with van der Waals surface area (Å²) in [6.07, 6.45) is -36.2. The first-order valence-corrected chi connectivity index (χ1v) is 45.7. The van der Waals surface area contributed by atoms with Gasteiger partial charge in [-0.05, 0) is 85.0 Å². The number of aromatic nitrogens is 4. The standard InChI is InChI=1S/C85H118N18O36S2/c86-85-102-74-67(82(135)103-85)93-40(28-92-74)27-87-39-11-9-38(10-12-39)75(128)99-51(83(136)137)16-22-64(117)94-46(13-19-60(113)89-30-54(107)68(122)71(125)57(110)33-104)76(129)97-49(17-23-65(118)119)78(131)95-47(14-20-61(114)90-31-55(108)69(123)72(126)58(111)34-105)77(130)98-50(18-24-66(120)121)79(132)96-48(15-21-62(115)91-32-56(109)70(124)73(127)59(112)35-106)80(133)100-52(81(134)101-53(36-140)84(138)139)29-88-63(116)25-26-141-37-45-43-7-3-1-5-41(43)42-6-2-4-8-44(42)45/h1-12,28,45-59,68-73,87,104-112,122-127,140H,13-27,29-37H2,(H,88,116)(H,89,113)(H,90,114)(H,91,115)(H,94,117)(H,95,131)(H,96,132)(H,97,129)(H,98,130)(H,99,128)(H,100,133)(H,101,134)(H,118,119)(H,120,121)(H,136,137)(H,138,139)(H3,86,92,102,103,135)/t46-,47-,48-,49-,50-,51-,52-,53?,54-,55-,56-,57+,58+,59+,68+,69+,70+,71+,72+,73+/m0/s1. The molecular weight excluding hydrogens is 1910 g/mol. The molecule has 0 radical (unpaired) electrons. The largest absolute Gasteiger partial charge is 0.481 e. The van der Waals surface area contributed by atoms with Gasteiger partial charge in [-0.1, -0.05) is 48.5 Å². The van der Waals surface area contributed by atoms with Crippen LogP contribution in [0.25, 0.3) is 22.3 Å². The number of thiol groups is 1. The fourth-order valence-electron chi connectivity index (χ4n) is 13.8. The molecule has 0 fully saturated rings. The number of fused-ring (bicyclic) bond motifs is 4. The summed E-state index contributed by atoms with van der Waals surface area (Å²) in [5.41, 5.74) is 9.49. The maximum Gasteiger partial charge on any atom is 0.327 e. The highest BCUT2D eigenvalue weighted by Gasteiger charge is 2.40. The molecule has 776 valence electrons. The number of nitrogens with two attached hydrogens (primary N) is 1. The normalized spacial score (nSPS) is 16.0. The number of carboxylic acids is 4. The van der Waals surface area contributed by atoms with Crippen molar-refractivity contribution in [2.45, 2.75) is 218 Å². The van der Waals surface area contributed by atoms with Crippen LogP contribution in [-0.4, -0.2) is 397 Å². The van der Waals surface area contributed by atoms with E-state index in [0.717, 1.165) is 22.3 Å². The molecule has 5 aromatic rings. The van der Waals surface area contributed by atoms with E-state index in [1.165, 1.54) is 42.2 Å². The van der Waals surface area contributed by atoms with Crippen LogP contribution in [0.5, 0.6) is 0 Å². The minimum atomic E-state index is -2.33. The van der Waals surface area contributed by atoms with Crippen LogP contribution in [-0.2, 0) is 78.5 Å². The van der Waals surface area contributed by atoms with Gasteiger partial charge in [-0.25, -0.2) is 19.6 Å². The van der Waals surface area contributed by atoms with Gasteiger partial charge in [0.05, 0.1) is 56.6 Å². The van der Waals surface area contributed by atoms with Gasteiger partial charge in [0, 0.05) is 106 Å². The van der Waals surface area contributed by atoms with Crippen molar-refractivity contribution in [3.63, 3.8) is 0 Å². The molecule has 54 nitrogen and oxygen atoms in total. The van der Waals surface area contributed by atoms with Crippen LogP contribution in [0.1, 0.15) is 117 Å². The zero-order valence-electron chi connectivity index (χ0n) is 75.3. The number of aliphatic carboxylic acids is 4. The van der Waals surface area contributed by atoms with Crippen molar-refractivity contribution in [3.8, 4) is 11.1 Å². The number of rotatable bonds is 64. The second kappa shape index (κ2) is 58.4. The van der Waals surface area contributed by atoms with Crippen LogP contribution in [0.3, 0.4) is 0 Å². The van der Waals surface area contributed by atoms with Crippen molar-refractivity contribution in [2.24, 2.45) is 0 Å². The number of nitrogens with zero attached hydrogens (tertiary/aromatic N) is 3. The van der Waals surface area contributed by atoms with Crippen molar-refractivity contribution in [1.82, 2.24) is 83.7 Å². The summed E-state index contributed by atoms with van der Waals surface area (Å²) < 4.78 is 0. The van der Waals surface area contributed by atoms with E-state index in [9.17, 15) is 174 Å². The van der Waals surface area contributed by atoms with Gasteiger partial charge in [0.2, 0.25) is 70.9 Å². The lowest BCUT2D eigenvalue weighted by Gasteiger charge is -2.28. The van der Waals surface area contributed by atoms with Gasteiger partial charge in [0.25, 0.3) is 11.5 Å². The first-order valence-electron chi connectivity index (χ1n) is 43.9. The monoisotopic (exact) mass is 2030 g/mol. The Morgan fingerprint density at radius 2 is 0.759 bits per heavy atom. The molecule has 2 aromatic heterocycles. The van der Waals surface area contributed by atoms with Crippen LogP contribution < -0.4 is 80.4 Å². The van der Waals surface area contributed by atoms with E-state index in [4.69, 9.17) is 5.73 Å². The second-order valence-electron chi connectivity index (χ2n) is 32.5. The molecule has 1 aliphatic carbocycles. The van der Waals surface area contributed by atoms with Gasteiger partial charge in [-0.2, -0.15) is 29.4 Å². The van der Waals surface area contributed by atoms with Gasteiger partial charge < -0.3 is 172 Å². The molecule has 35 N–H and O–H groups in total. The van der Waals surface area contributed by atoms with Gasteiger partial charge in [0.15, 0.2) is 11.2 Å². The van der Waals surface area contributed by atoms with Crippen molar-refractivity contribution in [3.05, 3.63) is 112 Å². The number of anilines is 2. The van der Waals surface area contributed by atoms with E-state index in [-0.39, 0.29) is 53.0 Å². The Balaban J connectivity index is 1.31. The lowest BCUT2D eigenvalue weighted by atomic mass is 9.99. The SMILES string of the molecule is Nc1nc2ncc(CNc3ccc(C(=O)N[C@@H](CCC(=O)N[C@@H](CCC(=O)NC[C@H](O)[C@@H](O)[C@H](O)[C@H](O)CO)C(=O)N[C@@H](CCC(=O)O)C(=O)N[C@@H](CCC(=O)NC[C@H](O)[C@@H](O)[C@H](O)[C@H](O)CO)C(=O)N[C@@H](CCC(=O)O)C(=O)N[C@@H](CCC(=O)NC[C@H](O)[C@@H](O)[C@H](O)[C@H](O)CO)C(=O)N[C@@H](CNC(=O)CCSCC4c5ccccc5-c5ccccc54)C(=O)NC(CS)C(=O)O)C(=O)O)cc3)nc2c(=O)[nH]1. The van der Waals surface area contributed by atoms with Gasteiger partial charge in [-0.3, -0.25) is 76.9 Å². The summed E-state index contributed by atoms with van der Waals surface area (Å²) in [7, 11) is 0. The Hall–Kier alpha value is -12.9. The number of carboxylic acid groups (broad SMARTS) is 4. The lowest BCUT2D eigenvalue weighted by molar-refractivity contribution is -0.142. The zero-order chi connectivity index (χ0) is 105. The van der Waals surface area contributed by atoms with E-state index in [1.807, 2.05) is 48.5 Å². The molecule has 0 aliphatic heterocycles. The van der Waals surface area contributed by atoms with Crippen molar-refractivity contribution in [2.75, 3.05) is 74.3 Å². The van der Waals surface area contributed by atoms with E-state index >= 15 is 4.79 Å². The topological polar surface area (TPSA) is 911 Å². The van der Waals surface area contributed by atoms with Crippen LogP contribution in [0.4, 0.5) is 11.6 Å². The molecule has 0 saturated carbocycles. The predicted molar refractivity (Wildman–Crippen MR) is 492 cm³/mol. The Bertz CT molecular complexity index is 5130. The van der Waals surface area contributed by atoms with Crippen molar-refractivity contribution >= 4 is 142 Å². The summed E-state index contributed by atoms with van der Waals surface area (Å²) in [6.45, 7) is -7.04. The summed E-state index contributed by atoms with van der Waals surface area (Å²) in [5.74, 6) is -22.4. The highest BCUT2D eigenvalue weighted by molar-refractivity contribution is 7.99. The maximum absolute atomic E-state index is 15.0. The van der Waals surface area contributed by atoms with E-state index < -0.39 is 351 Å². The number of hydrogen-bond donors (Lipinski definition) is 35. The predicted octanol–water partition coefficient (Wildman–Crippen LogP) is -11.9. The molecule has 20 atom stereocenters. The fraction of sp³-hybridized carbons (Fsp3) is 0.529. The summed E-state index contributed by atoms with van der Waals surface area (Å²) in [5, 5.41) is 221. The lowest BCUT2D eigenvalue weighted by Crippen LogP contribution is -2.61. The number of nitrogens with one attached hydrogen (secondary N) is 14. The molecule has 3 aromatic carbocycles. The first kappa shape index (κ1) is 117. The van der Waals surface area contributed by atoms with Gasteiger partial charge in [0.1, 0.15) is 103 Å². The number of nitrogen functional groups attached to an aromatic ring is 1. The maximum atomic E-state index is 15.0. The van der Waals surface area contributed by atoms with E-state index in [2.05, 4.69) is 102 Å². The average Bonchev–Trinajstić information content (AvgIpc) is 1.61. The van der Waals surface area contributed by atoms with E-state index in [1.54, 1.807) is 0 Å². The Morgan fingerprint density at radius 1 is 0.404 bits per heavy atom. The molecule has 0 bridgehead atoms. The number of H-pyrrole nitrogens is 1. The summed E-state index contributed by atoms with van der Waals surface area (Å²) in [6, 6.07) is 3.98. The third kappa shape index (κ3) is 37.6. The Kier molecular flexibility index (Phi) is 48.3. The summed E-state index contributed by atoms with van der Waals surface area (Å²) >= 11 is 5.38. The van der Waals surface area contributed by atoms with Crippen LogP contribution in [0.2, 0.25) is 0 Å². The zero-order valence-corrected chi connectivity index (χ0v) is 77.0. The molecule has 1 unspecified atom stereocenters. The fourth-order valence-corrected chi connectivity index (χ4v) is 15.2. The molecule has 0 spiro atoms. The number of aromatic amines is 1. The highest BCUT2D eigenvalue weighted by atomic mass is 32.2. The molecule has 0 saturated heterocycles. The molecule has 12 amide bonds. The molecule has 56 heteroatoms. The Labute approximate surface area is 810 Å². The molecular formula is C85H118N18O36S2. The molecule has 6 rings (SSSR count). The van der Waals surface area contributed by atoms with Crippen molar-refractivity contribution in [1.29, 1.82) is 0 Å². The number of thioether (sulfide) groups is 1. The third-order valence-electron chi connectivity index (χ3n) is 22.0. The summed E-state index contributed by atoms with van der Waals surface area (Å²) in [4.78, 5) is 247. The smallest absolute Gasteiger partial charge is 0.327 e. The quantitative estimate of drug-likeness (QED) is 0.0127. The minimum absolute atomic E-state index is 0.0123. The number of carbonyl (C=O) groups is 16. The molecule has 141 heavy (non-hydrogen) atoms. The first-order chi connectivity index (χ1) is 66.8. The number of aliphatic hydroxyl groups excluding tert-OH is 15. The molecule has 2 heterocycles. The van der Waals surface area contributed by atoms with E-state index in [0.29, 0.717) is 11.4 Å². The van der Waals surface area contributed by atoms with Gasteiger partial charge >= 0.3 is 23.9 Å². The number of amides is 12. The average molecular weight is 2030 g/mol. The van der Waals surface area contributed by atoms with Gasteiger partial charge in [-0.15, -0.1) is 0 Å². The third-order valence-corrected chi connectivity index (χ3v) is 23.4. The number of carbonyl (C=O) groups excluding carboxylic acids is 12. The molecule has 1 aliphatic rings. The van der Waals surface area contributed by atoms with Crippen LogP contribution in [0.15, 0.2) is 83.8 Å². The number of benzene rings is 3. The number of aliphatic hydroxyl groups is 15. The van der Waals surface area contributed by atoms with Crippen LogP contribution in [0, 0.1) is 0 Å². The second-order valence-corrected chi connectivity index (χ2v) is 34.0. The minimum Gasteiger partial charge on any atom is -0.481 e. The highest BCUT2D eigenvalue weighted by Crippen LogP contribution is 2.46. The van der Waals surface area contributed by atoms with Crippen LogP contribution >= 0.6 is 24.4 Å².